The lowest BCUT2D eigenvalue weighted by molar-refractivity contribution is 0.106. The monoisotopic (exact) mass is 219 g/mol. The van der Waals surface area contributed by atoms with Crippen LogP contribution < -0.4 is 5.73 Å². The van der Waals surface area contributed by atoms with E-state index in [1.54, 1.807) is 0 Å². The minimum Gasteiger partial charge on any atom is -0.375 e. The third kappa shape index (κ3) is 5.69. The maximum absolute atomic E-state index is 5.92. The van der Waals surface area contributed by atoms with Gasteiger partial charge in [-0.25, -0.2) is 0 Å². The van der Waals surface area contributed by atoms with E-state index in [-0.39, 0.29) is 6.04 Å². The average Bonchev–Trinajstić information content (AvgIpc) is 2.28. The summed E-state index contributed by atoms with van der Waals surface area (Å²) in [6, 6.07) is 10.3. The molecule has 0 aliphatic heterocycles. The lowest BCUT2D eigenvalue weighted by atomic mass is 10.1. The molecule has 2 N–H and O–H groups in total. The van der Waals surface area contributed by atoms with Crippen molar-refractivity contribution >= 4 is 0 Å². The van der Waals surface area contributed by atoms with Crippen LogP contribution in [0.2, 0.25) is 0 Å². The molecule has 2 nitrogen and oxygen atoms in total. The van der Waals surface area contributed by atoms with Gasteiger partial charge in [-0.05, 0) is 25.3 Å². The molecular formula is C14H21NO. The minimum atomic E-state index is 0.111. The summed E-state index contributed by atoms with van der Waals surface area (Å²) in [5.41, 5.74) is 8.29. The summed E-state index contributed by atoms with van der Waals surface area (Å²) < 4.78 is 5.56. The van der Waals surface area contributed by atoms with Crippen molar-refractivity contribution in [3.63, 3.8) is 0 Å². The van der Waals surface area contributed by atoms with Crippen LogP contribution in [-0.2, 0) is 11.3 Å². The first-order valence-corrected chi connectivity index (χ1v) is 5.70. The molecule has 0 saturated heterocycles. The molecule has 16 heavy (non-hydrogen) atoms. The zero-order chi connectivity index (χ0) is 11.8. The first-order valence-electron chi connectivity index (χ1n) is 5.70. The number of nitrogens with two attached hydrogens (primary N) is 1. The van der Waals surface area contributed by atoms with Gasteiger partial charge in [0.15, 0.2) is 0 Å². The minimum absolute atomic E-state index is 0.111. The Morgan fingerprint density at radius 1 is 1.38 bits per heavy atom. The van der Waals surface area contributed by atoms with Gasteiger partial charge in [0.2, 0.25) is 0 Å². The maximum atomic E-state index is 5.92. The van der Waals surface area contributed by atoms with Crippen molar-refractivity contribution in [3.05, 3.63) is 48.0 Å². The molecule has 0 radical (unpaired) electrons. The summed E-state index contributed by atoms with van der Waals surface area (Å²) in [6.07, 6.45) is 1.93. The summed E-state index contributed by atoms with van der Waals surface area (Å²) in [6.45, 7) is 7.14. The Labute approximate surface area is 98.1 Å². The topological polar surface area (TPSA) is 35.2 Å². The van der Waals surface area contributed by atoms with Crippen LogP contribution in [0.1, 0.15) is 25.3 Å². The third-order valence-electron chi connectivity index (χ3n) is 2.39. The molecule has 0 fully saturated rings. The molecule has 1 aromatic rings. The highest BCUT2D eigenvalue weighted by Gasteiger charge is 2.02. The van der Waals surface area contributed by atoms with Gasteiger partial charge < -0.3 is 10.5 Å². The molecule has 0 aliphatic rings. The highest BCUT2D eigenvalue weighted by Crippen LogP contribution is 2.05. The Bertz CT molecular complexity index is 308. The highest BCUT2D eigenvalue weighted by molar-refractivity contribution is 5.13. The van der Waals surface area contributed by atoms with E-state index in [0.29, 0.717) is 13.2 Å². The van der Waals surface area contributed by atoms with Crippen LogP contribution in [0.4, 0.5) is 0 Å². The van der Waals surface area contributed by atoms with Gasteiger partial charge >= 0.3 is 0 Å². The van der Waals surface area contributed by atoms with Crippen molar-refractivity contribution < 1.29 is 4.74 Å². The fourth-order valence-electron chi connectivity index (χ4n) is 1.42. The van der Waals surface area contributed by atoms with Crippen LogP contribution >= 0.6 is 0 Å². The van der Waals surface area contributed by atoms with Crippen LogP contribution in [0.3, 0.4) is 0 Å². The van der Waals surface area contributed by atoms with E-state index in [0.717, 1.165) is 12.8 Å². The Balaban J connectivity index is 2.13. The number of benzene rings is 1. The van der Waals surface area contributed by atoms with Crippen molar-refractivity contribution in [3.8, 4) is 0 Å². The molecule has 0 spiro atoms. The smallest absolute Gasteiger partial charge is 0.0717 e. The summed E-state index contributed by atoms with van der Waals surface area (Å²) in [5.74, 6) is 0. The van der Waals surface area contributed by atoms with Gasteiger partial charge in [-0.2, -0.15) is 0 Å². The number of ether oxygens (including phenoxy) is 1. The summed E-state index contributed by atoms with van der Waals surface area (Å²) >= 11 is 0. The summed E-state index contributed by atoms with van der Waals surface area (Å²) in [5, 5.41) is 0. The average molecular weight is 219 g/mol. The number of hydrogen-bond acceptors (Lipinski definition) is 2. The van der Waals surface area contributed by atoms with Gasteiger partial charge in [-0.1, -0.05) is 35.9 Å². The van der Waals surface area contributed by atoms with Crippen molar-refractivity contribution in [2.75, 3.05) is 6.61 Å². The summed E-state index contributed by atoms with van der Waals surface area (Å²) in [7, 11) is 0. The maximum Gasteiger partial charge on any atom is 0.0717 e. The van der Waals surface area contributed by atoms with Crippen molar-refractivity contribution in [2.45, 2.75) is 32.4 Å². The van der Waals surface area contributed by atoms with Crippen LogP contribution in [0.25, 0.3) is 0 Å². The first-order chi connectivity index (χ1) is 7.68. The van der Waals surface area contributed by atoms with Crippen LogP contribution in [0.5, 0.6) is 0 Å². The molecule has 1 atom stereocenters. The van der Waals surface area contributed by atoms with Gasteiger partial charge in [0, 0.05) is 6.04 Å². The Kier molecular flexibility index (Phi) is 5.83. The molecule has 0 aromatic heterocycles. The Morgan fingerprint density at radius 2 is 2.06 bits per heavy atom. The van der Waals surface area contributed by atoms with E-state index >= 15 is 0 Å². The van der Waals surface area contributed by atoms with Gasteiger partial charge in [0.1, 0.15) is 0 Å². The van der Waals surface area contributed by atoms with E-state index < -0.39 is 0 Å². The normalized spacial score (nSPS) is 12.4. The van der Waals surface area contributed by atoms with E-state index in [9.17, 15) is 0 Å². The van der Waals surface area contributed by atoms with E-state index in [1.807, 2.05) is 25.1 Å². The molecule has 88 valence electrons. The molecule has 0 saturated carbocycles. The van der Waals surface area contributed by atoms with E-state index in [4.69, 9.17) is 10.5 Å². The lowest BCUT2D eigenvalue weighted by Crippen LogP contribution is -2.26. The predicted octanol–water partition coefficient (Wildman–Crippen LogP) is 2.89. The molecule has 0 bridgehead atoms. The fourth-order valence-corrected chi connectivity index (χ4v) is 1.42. The molecule has 0 heterocycles. The first kappa shape index (κ1) is 12.9. The van der Waals surface area contributed by atoms with Crippen LogP contribution in [0.15, 0.2) is 42.5 Å². The summed E-state index contributed by atoms with van der Waals surface area (Å²) in [4.78, 5) is 0. The van der Waals surface area contributed by atoms with Crippen molar-refractivity contribution in [2.24, 2.45) is 5.73 Å². The van der Waals surface area contributed by atoms with Gasteiger partial charge in [-0.15, -0.1) is 6.58 Å². The second kappa shape index (κ2) is 7.20. The van der Waals surface area contributed by atoms with Crippen molar-refractivity contribution in [1.29, 1.82) is 0 Å². The van der Waals surface area contributed by atoms with Gasteiger partial charge in [-0.3, -0.25) is 0 Å². The second-order valence-corrected chi connectivity index (χ2v) is 4.26. The van der Waals surface area contributed by atoms with Crippen LogP contribution in [0, 0.1) is 0 Å². The highest BCUT2D eigenvalue weighted by atomic mass is 16.5. The molecular weight excluding hydrogens is 198 g/mol. The SMILES string of the molecule is C=C(C)CCC(N)COCc1ccccc1. The molecule has 1 unspecified atom stereocenters. The fraction of sp³-hybridized carbons (Fsp3) is 0.429. The molecule has 0 amide bonds. The Morgan fingerprint density at radius 3 is 2.69 bits per heavy atom. The second-order valence-electron chi connectivity index (χ2n) is 4.26. The molecule has 2 heteroatoms. The quantitative estimate of drug-likeness (QED) is 0.716. The number of rotatable bonds is 7. The third-order valence-corrected chi connectivity index (χ3v) is 2.39. The lowest BCUT2D eigenvalue weighted by Gasteiger charge is -2.12. The van der Waals surface area contributed by atoms with Gasteiger partial charge in [0.25, 0.3) is 0 Å². The number of allylic oxidation sites excluding steroid dienone is 1. The van der Waals surface area contributed by atoms with E-state index in [1.165, 1.54) is 11.1 Å². The zero-order valence-corrected chi connectivity index (χ0v) is 9.99. The zero-order valence-electron chi connectivity index (χ0n) is 9.99. The largest absolute Gasteiger partial charge is 0.375 e. The molecule has 1 aromatic carbocycles. The van der Waals surface area contributed by atoms with Gasteiger partial charge in [0.05, 0.1) is 13.2 Å². The molecule has 0 aliphatic carbocycles. The number of hydrogen-bond donors (Lipinski definition) is 1. The van der Waals surface area contributed by atoms with E-state index in [2.05, 4.69) is 18.7 Å². The Hall–Kier alpha value is -1.12. The van der Waals surface area contributed by atoms with Crippen molar-refractivity contribution in [1.82, 2.24) is 0 Å². The molecule has 1 rings (SSSR count). The standard InChI is InChI=1S/C14H21NO/c1-12(2)8-9-14(15)11-16-10-13-6-4-3-5-7-13/h3-7,14H,1,8-11,15H2,2H3. The van der Waals surface area contributed by atoms with Crippen LogP contribution in [-0.4, -0.2) is 12.6 Å². The predicted molar refractivity (Wildman–Crippen MR) is 68.1 cm³/mol.